The number of aliphatic hydroxyl groups excluding tert-OH is 2. The molecular weight excluding hydrogens is 480 g/mol. The molecule has 5 rings (SSSR count). The first-order valence-electron chi connectivity index (χ1n) is 14.3. The van der Waals surface area contributed by atoms with Gasteiger partial charge < -0.3 is 29.8 Å². The second-order valence-electron chi connectivity index (χ2n) is 12.1. The quantitative estimate of drug-likeness (QED) is 0.542. The van der Waals surface area contributed by atoms with Crippen LogP contribution in [0.2, 0.25) is 0 Å². The summed E-state index contributed by atoms with van der Waals surface area (Å²) >= 11 is 0. The summed E-state index contributed by atoms with van der Waals surface area (Å²) in [6.07, 6.45) is 3.82. The van der Waals surface area contributed by atoms with Crippen LogP contribution in [-0.2, 0) is 9.59 Å². The Hall–Kier alpha value is -2.58. The molecule has 0 spiro atoms. The SMILES string of the molecule is Cc1cccc(N2CCN(C(=O)CN(C)C3=C(CC(=O)N4CCC(CO)(CO)CC4)[C@@H]4C[C@@H]4C3)CC2)c1C. The fourth-order valence-corrected chi connectivity index (χ4v) is 6.67. The molecule has 2 atom stereocenters. The van der Waals surface area contributed by atoms with E-state index < -0.39 is 5.41 Å². The summed E-state index contributed by atoms with van der Waals surface area (Å²) in [5.74, 6) is 1.42. The van der Waals surface area contributed by atoms with Gasteiger partial charge in [0.2, 0.25) is 11.8 Å². The van der Waals surface area contributed by atoms with E-state index in [9.17, 15) is 19.8 Å². The molecule has 1 aromatic rings. The zero-order valence-electron chi connectivity index (χ0n) is 23.3. The number of aliphatic hydroxyl groups is 2. The van der Waals surface area contributed by atoms with E-state index in [1.165, 1.54) is 28.1 Å². The number of anilines is 1. The maximum absolute atomic E-state index is 13.2. The second-order valence-corrected chi connectivity index (χ2v) is 12.1. The normalized spacial score (nSPS) is 24.5. The van der Waals surface area contributed by atoms with Crippen molar-refractivity contribution in [3.8, 4) is 0 Å². The van der Waals surface area contributed by atoms with Gasteiger partial charge in [0.15, 0.2) is 0 Å². The molecule has 3 fully saturated rings. The van der Waals surface area contributed by atoms with Gasteiger partial charge in [0.25, 0.3) is 0 Å². The van der Waals surface area contributed by atoms with E-state index in [0.29, 0.717) is 50.7 Å². The molecular formula is C30H44N4O4. The molecule has 2 saturated heterocycles. The molecule has 208 valence electrons. The summed E-state index contributed by atoms with van der Waals surface area (Å²) < 4.78 is 0. The highest BCUT2D eigenvalue weighted by Gasteiger charge is 2.48. The molecule has 0 unspecified atom stereocenters. The number of benzene rings is 1. The molecule has 8 heteroatoms. The van der Waals surface area contributed by atoms with Crippen LogP contribution in [-0.4, -0.2) is 103 Å². The number of allylic oxidation sites excluding steroid dienone is 1. The first kappa shape index (κ1) is 27.0. The second kappa shape index (κ2) is 10.9. The topological polar surface area (TPSA) is 87.6 Å². The van der Waals surface area contributed by atoms with Crippen LogP contribution < -0.4 is 4.90 Å². The average molecular weight is 525 g/mol. The fourth-order valence-electron chi connectivity index (χ4n) is 6.67. The number of rotatable bonds is 8. The van der Waals surface area contributed by atoms with Crippen molar-refractivity contribution in [2.24, 2.45) is 17.3 Å². The predicted molar refractivity (Wildman–Crippen MR) is 148 cm³/mol. The van der Waals surface area contributed by atoms with Crippen molar-refractivity contribution >= 4 is 17.5 Å². The van der Waals surface area contributed by atoms with Crippen LogP contribution in [0.15, 0.2) is 29.5 Å². The minimum atomic E-state index is -0.457. The van der Waals surface area contributed by atoms with Gasteiger partial charge in [0.1, 0.15) is 0 Å². The number of hydrogen-bond acceptors (Lipinski definition) is 6. The number of aryl methyl sites for hydroxylation is 1. The van der Waals surface area contributed by atoms with Gasteiger partial charge in [-0.1, -0.05) is 12.1 Å². The van der Waals surface area contributed by atoms with Gasteiger partial charge in [0.05, 0.1) is 26.2 Å². The van der Waals surface area contributed by atoms with E-state index in [-0.39, 0.29) is 25.0 Å². The lowest BCUT2D eigenvalue weighted by molar-refractivity contribution is -0.134. The van der Waals surface area contributed by atoms with Gasteiger partial charge in [-0.3, -0.25) is 9.59 Å². The highest BCUT2D eigenvalue weighted by molar-refractivity contribution is 5.80. The Kier molecular flexibility index (Phi) is 7.74. The molecule has 2 heterocycles. The van der Waals surface area contributed by atoms with E-state index in [1.54, 1.807) is 0 Å². The van der Waals surface area contributed by atoms with E-state index in [0.717, 1.165) is 39.0 Å². The lowest BCUT2D eigenvalue weighted by atomic mass is 9.80. The highest BCUT2D eigenvalue weighted by atomic mass is 16.3. The smallest absolute Gasteiger partial charge is 0.242 e. The van der Waals surface area contributed by atoms with Crippen LogP contribution in [0.4, 0.5) is 5.69 Å². The zero-order chi connectivity index (χ0) is 27.0. The lowest BCUT2D eigenvalue weighted by Crippen LogP contribution is -2.51. The van der Waals surface area contributed by atoms with Crippen molar-refractivity contribution < 1.29 is 19.8 Å². The number of piperidine rings is 1. The van der Waals surface area contributed by atoms with Gasteiger partial charge in [-0.05, 0) is 74.1 Å². The maximum atomic E-state index is 13.2. The first-order valence-corrected chi connectivity index (χ1v) is 14.3. The minimum Gasteiger partial charge on any atom is -0.396 e. The van der Waals surface area contributed by atoms with E-state index in [4.69, 9.17) is 0 Å². The highest BCUT2D eigenvalue weighted by Crippen LogP contribution is 2.56. The van der Waals surface area contributed by atoms with Gasteiger partial charge in [-0.2, -0.15) is 0 Å². The molecule has 0 bridgehead atoms. The number of fused-ring (bicyclic) bond motifs is 1. The summed E-state index contributed by atoms with van der Waals surface area (Å²) in [4.78, 5) is 34.8. The number of nitrogens with zero attached hydrogens (tertiary/aromatic N) is 4. The molecule has 4 aliphatic rings. The first-order chi connectivity index (χ1) is 18.2. The number of hydrogen-bond donors (Lipinski definition) is 2. The number of carbonyl (C=O) groups is 2. The van der Waals surface area contributed by atoms with E-state index in [2.05, 4.69) is 41.8 Å². The third-order valence-electron chi connectivity index (χ3n) is 9.77. The summed E-state index contributed by atoms with van der Waals surface area (Å²) in [5.41, 5.74) is 5.84. The average Bonchev–Trinajstić information content (AvgIpc) is 3.63. The van der Waals surface area contributed by atoms with Gasteiger partial charge in [-0.15, -0.1) is 0 Å². The third kappa shape index (κ3) is 5.30. The zero-order valence-corrected chi connectivity index (χ0v) is 23.3. The monoisotopic (exact) mass is 524 g/mol. The minimum absolute atomic E-state index is 0.0377. The summed E-state index contributed by atoms with van der Waals surface area (Å²) in [6, 6.07) is 6.42. The van der Waals surface area contributed by atoms with Gasteiger partial charge >= 0.3 is 0 Å². The van der Waals surface area contributed by atoms with Crippen LogP contribution >= 0.6 is 0 Å². The Morgan fingerprint density at radius 2 is 1.63 bits per heavy atom. The van der Waals surface area contributed by atoms with Crippen LogP contribution in [0.25, 0.3) is 0 Å². The number of carbonyl (C=O) groups excluding carboxylic acids is 2. The predicted octanol–water partition coefficient (Wildman–Crippen LogP) is 2.16. The number of likely N-dealkylation sites (N-methyl/N-ethyl adjacent to an activating group) is 1. The molecule has 38 heavy (non-hydrogen) atoms. The molecule has 2 aliphatic heterocycles. The van der Waals surface area contributed by atoms with Crippen LogP contribution in [0.1, 0.15) is 43.2 Å². The molecule has 8 nitrogen and oxygen atoms in total. The van der Waals surface area contributed by atoms with E-state index >= 15 is 0 Å². The van der Waals surface area contributed by atoms with Crippen molar-refractivity contribution in [3.05, 3.63) is 40.6 Å². The third-order valence-corrected chi connectivity index (χ3v) is 9.77. The number of likely N-dealkylation sites (tertiary alicyclic amines) is 1. The molecule has 1 aromatic carbocycles. The molecule has 2 amide bonds. The lowest BCUT2D eigenvalue weighted by Gasteiger charge is -2.39. The van der Waals surface area contributed by atoms with Gasteiger partial charge in [-0.25, -0.2) is 0 Å². The van der Waals surface area contributed by atoms with Crippen molar-refractivity contribution in [1.82, 2.24) is 14.7 Å². The van der Waals surface area contributed by atoms with E-state index in [1.807, 2.05) is 16.8 Å². The molecule has 2 N–H and O–H groups in total. The van der Waals surface area contributed by atoms with Crippen LogP contribution in [0, 0.1) is 31.1 Å². The van der Waals surface area contributed by atoms with Gasteiger partial charge in [0, 0.05) is 63.1 Å². The number of piperazine rings is 1. The Bertz CT molecular complexity index is 1080. The Morgan fingerprint density at radius 1 is 0.974 bits per heavy atom. The largest absolute Gasteiger partial charge is 0.396 e. The Balaban J connectivity index is 1.16. The standard InChI is InChI=1S/C30H44N4O4/c1-21-5-4-6-26(22(21)2)32-11-13-34(14-12-32)29(38)18-31(3)27-16-23-15-24(23)25(27)17-28(37)33-9-7-30(19-35,20-36)8-10-33/h4-6,23-24,35-36H,7-20H2,1-3H3/t23-,24-/m1/s1. The summed E-state index contributed by atoms with van der Waals surface area (Å²) in [7, 11) is 2.01. The maximum Gasteiger partial charge on any atom is 0.242 e. The summed E-state index contributed by atoms with van der Waals surface area (Å²) in [6.45, 7) is 8.90. The molecule has 0 aromatic heterocycles. The van der Waals surface area contributed by atoms with Crippen molar-refractivity contribution in [2.75, 3.05) is 71.0 Å². The van der Waals surface area contributed by atoms with Crippen LogP contribution in [0.3, 0.4) is 0 Å². The van der Waals surface area contributed by atoms with Crippen molar-refractivity contribution in [1.29, 1.82) is 0 Å². The van der Waals surface area contributed by atoms with Crippen molar-refractivity contribution in [3.63, 3.8) is 0 Å². The summed E-state index contributed by atoms with van der Waals surface area (Å²) in [5, 5.41) is 19.3. The number of amides is 2. The Morgan fingerprint density at radius 3 is 2.29 bits per heavy atom. The fraction of sp³-hybridized carbons (Fsp3) is 0.667. The molecule has 1 saturated carbocycles. The van der Waals surface area contributed by atoms with Crippen LogP contribution in [0.5, 0.6) is 0 Å². The molecule has 2 aliphatic carbocycles. The molecule has 0 radical (unpaired) electrons. The Labute approximate surface area is 226 Å². The van der Waals surface area contributed by atoms with Crippen molar-refractivity contribution in [2.45, 2.75) is 46.0 Å².